The van der Waals surface area contributed by atoms with Gasteiger partial charge in [0.2, 0.25) is 0 Å². The van der Waals surface area contributed by atoms with Crippen molar-refractivity contribution in [2.45, 2.75) is 50.9 Å². The summed E-state index contributed by atoms with van der Waals surface area (Å²) in [7, 11) is 0. The van der Waals surface area contributed by atoms with Gasteiger partial charge in [-0.3, -0.25) is 0 Å². The van der Waals surface area contributed by atoms with Gasteiger partial charge in [-0.05, 0) is 33.6 Å². The van der Waals surface area contributed by atoms with Gasteiger partial charge in [0.05, 0.1) is 0 Å². The minimum atomic E-state index is -4.51. The molecule has 0 radical (unpaired) electrons. The van der Waals surface area contributed by atoms with E-state index in [4.69, 9.17) is 0 Å². The third kappa shape index (κ3) is 4.40. The van der Waals surface area contributed by atoms with Crippen molar-refractivity contribution in [3.63, 3.8) is 0 Å². The molecule has 1 fully saturated rings. The first-order valence-corrected chi connectivity index (χ1v) is 6.30. The van der Waals surface area contributed by atoms with Crippen molar-refractivity contribution in [2.75, 3.05) is 26.2 Å². The molecule has 0 atom stereocenters. The van der Waals surface area contributed by atoms with Crippen molar-refractivity contribution in [1.82, 2.24) is 10.2 Å². The Kier molecular flexibility index (Phi) is 4.67. The standard InChI is InChI=1S/C12H23F3N2O/c1-10(2,3)16-6-9-17-7-4-11(18,5-8-17)12(13,14)15/h16,18H,4-9H2,1-3H3. The average Bonchev–Trinajstić information content (AvgIpc) is 2.17. The molecule has 1 heterocycles. The molecule has 0 bridgehead atoms. The number of hydrogen-bond donors (Lipinski definition) is 2. The first-order chi connectivity index (χ1) is 8.04. The zero-order valence-electron chi connectivity index (χ0n) is 11.3. The Hall–Kier alpha value is -0.330. The SMILES string of the molecule is CC(C)(C)NCCN1CCC(O)(C(F)(F)F)CC1. The zero-order valence-corrected chi connectivity index (χ0v) is 11.3. The third-order valence-corrected chi connectivity index (χ3v) is 3.29. The summed E-state index contributed by atoms with van der Waals surface area (Å²) in [6.45, 7) is 8.19. The van der Waals surface area contributed by atoms with E-state index in [-0.39, 0.29) is 18.4 Å². The van der Waals surface area contributed by atoms with Gasteiger partial charge in [-0.15, -0.1) is 0 Å². The fourth-order valence-corrected chi connectivity index (χ4v) is 2.02. The summed E-state index contributed by atoms with van der Waals surface area (Å²) >= 11 is 0. The Bertz CT molecular complexity index is 265. The van der Waals surface area contributed by atoms with Crippen LogP contribution >= 0.6 is 0 Å². The van der Waals surface area contributed by atoms with Crippen molar-refractivity contribution in [1.29, 1.82) is 0 Å². The number of halogens is 3. The van der Waals surface area contributed by atoms with Crippen molar-refractivity contribution in [3.05, 3.63) is 0 Å². The van der Waals surface area contributed by atoms with E-state index in [9.17, 15) is 18.3 Å². The van der Waals surface area contributed by atoms with Gasteiger partial charge in [0.25, 0.3) is 0 Å². The molecule has 1 saturated heterocycles. The molecule has 0 unspecified atom stereocenters. The quantitative estimate of drug-likeness (QED) is 0.819. The fourth-order valence-electron chi connectivity index (χ4n) is 2.02. The van der Waals surface area contributed by atoms with Crippen LogP contribution in [0.5, 0.6) is 0 Å². The van der Waals surface area contributed by atoms with Crippen LogP contribution in [0, 0.1) is 0 Å². The Morgan fingerprint density at radius 2 is 1.67 bits per heavy atom. The van der Waals surface area contributed by atoms with Crippen molar-refractivity contribution >= 4 is 0 Å². The van der Waals surface area contributed by atoms with Crippen LogP contribution in [-0.2, 0) is 0 Å². The lowest BCUT2D eigenvalue weighted by molar-refractivity contribution is -0.272. The largest absolute Gasteiger partial charge is 0.417 e. The molecule has 1 rings (SSSR count). The average molecular weight is 268 g/mol. The molecule has 108 valence electrons. The normalized spacial score (nSPS) is 22.2. The van der Waals surface area contributed by atoms with Gasteiger partial charge in [-0.1, -0.05) is 0 Å². The van der Waals surface area contributed by atoms with Gasteiger partial charge in [-0.25, -0.2) is 0 Å². The second-order valence-electron chi connectivity index (χ2n) is 6.05. The molecule has 0 amide bonds. The first-order valence-electron chi connectivity index (χ1n) is 6.30. The van der Waals surface area contributed by atoms with Crippen molar-refractivity contribution in [2.24, 2.45) is 0 Å². The van der Waals surface area contributed by atoms with Crippen LogP contribution in [-0.4, -0.2) is 53.5 Å². The smallest absolute Gasteiger partial charge is 0.380 e. The lowest BCUT2D eigenvalue weighted by Crippen LogP contribution is -2.54. The molecular formula is C12H23F3N2O. The van der Waals surface area contributed by atoms with E-state index in [2.05, 4.69) is 5.32 Å². The van der Waals surface area contributed by atoms with Gasteiger partial charge >= 0.3 is 6.18 Å². The summed E-state index contributed by atoms with van der Waals surface area (Å²) in [4.78, 5) is 1.96. The maximum absolute atomic E-state index is 12.6. The maximum Gasteiger partial charge on any atom is 0.417 e. The second-order valence-corrected chi connectivity index (χ2v) is 6.05. The summed E-state index contributed by atoms with van der Waals surface area (Å²) in [5, 5.41) is 12.8. The number of aliphatic hydroxyl groups is 1. The van der Waals surface area contributed by atoms with Crippen LogP contribution in [0.2, 0.25) is 0 Å². The molecule has 18 heavy (non-hydrogen) atoms. The van der Waals surface area contributed by atoms with Gasteiger partial charge in [0, 0.05) is 31.7 Å². The number of alkyl halides is 3. The molecule has 1 aliphatic heterocycles. The Morgan fingerprint density at radius 3 is 2.06 bits per heavy atom. The van der Waals surface area contributed by atoms with Crippen LogP contribution in [0.1, 0.15) is 33.6 Å². The summed E-state index contributed by atoms with van der Waals surface area (Å²) in [6.07, 6.45) is -4.97. The molecule has 0 saturated carbocycles. The summed E-state index contributed by atoms with van der Waals surface area (Å²) in [6, 6.07) is 0. The number of hydrogen-bond acceptors (Lipinski definition) is 3. The Balaban J connectivity index is 2.32. The highest BCUT2D eigenvalue weighted by Crippen LogP contribution is 2.38. The zero-order chi connectivity index (χ0) is 14.0. The van der Waals surface area contributed by atoms with Gasteiger partial charge in [0.15, 0.2) is 5.60 Å². The van der Waals surface area contributed by atoms with Gasteiger partial charge in [-0.2, -0.15) is 13.2 Å². The summed E-state index contributed by atoms with van der Waals surface area (Å²) in [5.41, 5.74) is -2.47. The molecule has 6 heteroatoms. The number of piperidine rings is 1. The van der Waals surface area contributed by atoms with Crippen LogP contribution in [0.15, 0.2) is 0 Å². The van der Waals surface area contributed by atoms with Gasteiger partial charge in [0.1, 0.15) is 0 Å². The molecule has 0 aromatic heterocycles. The number of rotatable bonds is 3. The fraction of sp³-hybridized carbons (Fsp3) is 1.00. The van der Waals surface area contributed by atoms with E-state index >= 15 is 0 Å². The van der Waals surface area contributed by atoms with Gasteiger partial charge < -0.3 is 15.3 Å². The minimum absolute atomic E-state index is 0.0164. The highest BCUT2D eigenvalue weighted by molar-refractivity contribution is 4.92. The van der Waals surface area contributed by atoms with Crippen LogP contribution < -0.4 is 5.32 Å². The van der Waals surface area contributed by atoms with Crippen molar-refractivity contribution in [3.8, 4) is 0 Å². The molecule has 0 aromatic rings. The number of nitrogens with zero attached hydrogens (tertiary/aromatic N) is 1. The third-order valence-electron chi connectivity index (χ3n) is 3.29. The Labute approximate surface area is 106 Å². The Morgan fingerprint density at radius 1 is 1.17 bits per heavy atom. The highest BCUT2D eigenvalue weighted by Gasteiger charge is 2.54. The second kappa shape index (κ2) is 5.35. The van der Waals surface area contributed by atoms with E-state index in [0.717, 1.165) is 6.54 Å². The van der Waals surface area contributed by atoms with E-state index in [0.29, 0.717) is 19.6 Å². The molecule has 0 spiro atoms. The van der Waals surface area contributed by atoms with E-state index in [1.165, 1.54) is 0 Å². The van der Waals surface area contributed by atoms with Crippen LogP contribution in [0.25, 0.3) is 0 Å². The maximum atomic E-state index is 12.6. The number of likely N-dealkylation sites (tertiary alicyclic amines) is 1. The van der Waals surface area contributed by atoms with Crippen LogP contribution in [0.4, 0.5) is 13.2 Å². The topological polar surface area (TPSA) is 35.5 Å². The first kappa shape index (κ1) is 15.7. The lowest BCUT2D eigenvalue weighted by Gasteiger charge is -2.39. The van der Waals surface area contributed by atoms with E-state index in [1.54, 1.807) is 0 Å². The summed E-state index contributed by atoms with van der Waals surface area (Å²) in [5.74, 6) is 0. The molecule has 1 aliphatic rings. The molecule has 0 aromatic carbocycles. The van der Waals surface area contributed by atoms with E-state index < -0.39 is 11.8 Å². The van der Waals surface area contributed by atoms with Crippen LogP contribution in [0.3, 0.4) is 0 Å². The number of nitrogens with one attached hydrogen (secondary N) is 1. The monoisotopic (exact) mass is 268 g/mol. The predicted octanol–water partition coefficient (Wildman–Crippen LogP) is 1.76. The molecule has 0 aliphatic carbocycles. The van der Waals surface area contributed by atoms with Crippen molar-refractivity contribution < 1.29 is 18.3 Å². The molecule has 3 nitrogen and oxygen atoms in total. The molecule has 2 N–H and O–H groups in total. The minimum Gasteiger partial charge on any atom is -0.380 e. The summed E-state index contributed by atoms with van der Waals surface area (Å²) < 4.78 is 37.7. The molecular weight excluding hydrogens is 245 g/mol. The highest BCUT2D eigenvalue weighted by atomic mass is 19.4. The van der Waals surface area contributed by atoms with E-state index in [1.807, 2.05) is 25.7 Å². The predicted molar refractivity (Wildman–Crippen MR) is 64.4 cm³/mol. The lowest BCUT2D eigenvalue weighted by atomic mass is 9.91.